The van der Waals surface area contributed by atoms with Crippen molar-refractivity contribution in [3.63, 3.8) is 0 Å². The van der Waals surface area contributed by atoms with Gasteiger partial charge in [0.1, 0.15) is 0 Å². The summed E-state index contributed by atoms with van der Waals surface area (Å²) >= 11 is 0. The van der Waals surface area contributed by atoms with Gasteiger partial charge in [-0.15, -0.1) is 0 Å². The molecule has 2 atom stereocenters. The zero-order valence-corrected chi connectivity index (χ0v) is 13.5. The van der Waals surface area contributed by atoms with Crippen molar-refractivity contribution < 1.29 is 0 Å². The van der Waals surface area contributed by atoms with Gasteiger partial charge in [-0.25, -0.2) is 0 Å². The maximum atomic E-state index is 6.10. The monoisotopic (exact) mass is 291 g/mol. The number of piperazine rings is 1. The van der Waals surface area contributed by atoms with Crippen LogP contribution < -0.4 is 11.1 Å². The van der Waals surface area contributed by atoms with E-state index in [1.54, 1.807) is 6.20 Å². The number of aromatic nitrogens is 1. The van der Waals surface area contributed by atoms with Gasteiger partial charge in [-0.05, 0) is 45.1 Å². The second kappa shape index (κ2) is 7.73. The lowest BCUT2D eigenvalue weighted by atomic mass is 9.96. The summed E-state index contributed by atoms with van der Waals surface area (Å²) in [6.07, 6.45) is 5.74. The fraction of sp³-hybridized carbons (Fsp3) is 0.688. The molecule has 0 aromatic carbocycles. The van der Waals surface area contributed by atoms with E-state index in [4.69, 9.17) is 5.73 Å². The molecular weight excluding hydrogens is 262 g/mol. The van der Waals surface area contributed by atoms with Crippen LogP contribution >= 0.6 is 0 Å². The second-order valence-electron chi connectivity index (χ2n) is 6.15. The van der Waals surface area contributed by atoms with Gasteiger partial charge >= 0.3 is 0 Å². The minimum absolute atomic E-state index is 0.407. The highest BCUT2D eigenvalue weighted by Gasteiger charge is 2.29. The molecule has 0 saturated carbocycles. The van der Waals surface area contributed by atoms with Gasteiger partial charge in [-0.3, -0.25) is 9.88 Å². The highest BCUT2D eigenvalue weighted by Crippen LogP contribution is 2.17. The summed E-state index contributed by atoms with van der Waals surface area (Å²) in [7, 11) is 4.43. The van der Waals surface area contributed by atoms with Crippen LogP contribution in [0, 0.1) is 0 Å². The number of hydrogen-bond acceptors (Lipinski definition) is 5. The molecule has 1 aliphatic rings. The third-order valence-electron chi connectivity index (χ3n) is 4.40. The highest BCUT2D eigenvalue weighted by atomic mass is 15.3. The van der Waals surface area contributed by atoms with Crippen LogP contribution in [0.2, 0.25) is 0 Å². The summed E-state index contributed by atoms with van der Waals surface area (Å²) in [5.74, 6) is 0. The number of nitrogens with two attached hydrogens (primary N) is 1. The standard InChI is InChI=1S/C16H29N5/c1-4-6-19-15(10-13-11-18-7-5-14(13)17)16-12-20(2)8-9-21(16)3/h5,7,11,15-16,19H,4,6,8-10,12H2,1-3H3,(H2,17,18). The summed E-state index contributed by atoms with van der Waals surface area (Å²) in [5, 5.41) is 3.71. The Hall–Kier alpha value is -1.17. The molecule has 0 radical (unpaired) electrons. The maximum absolute atomic E-state index is 6.10. The first-order valence-electron chi connectivity index (χ1n) is 7.92. The van der Waals surface area contributed by atoms with Crippen LogP contribution in [0.4, 0.5) is 5.69 Å². The highest BCUT2D eigenvalue weighted by molar-refractivity contribution is 5.44. The Morgan fingerprint density at radius 2 is 2.24 bits per heavy atom. The third-order valence-corrected chi connectivity index (χ3v) is 4.40. The van der Waals surface area contributed by atoms with E-state index in [2.05, 4.69) is 41.1 Å². The number of anilines is 1. The molecule has 3 N–H and O–H groups in total. The molecule has 118 valence electrons. The molecule has 21 heavy (non-hydrogen) atoms. The van der Waals surface area contributed by atoms with E-state index in [9.17, 15) is 0 Å². The molecule has 5 nitrogen and oxygen atoms in total. The lowest BCUT2D eigenvalue weighted by molar-refractivity contribution is 0.0876. The van der Waals surface area contributed by atoms with Gasteiger partial charge in [0.25, 0.3) is 0 Å². The molecular formula is C16H29N5. The Morgan fingerprint density at radius 3 is 2.95 bits per heavy atom. The molecule has 1 aliphatic heterocycles. The van der Waals surface area contributed by atoms with Crippen LogP contribution in [0.3, 0.4) is 0 Å². The number of rotatable bonds is 6. The van der Waals surface area contributed by atoms with Crippen LogP contribution in [0.5, 0.6) is 0 Å². The Bertz CT molecular complexity index is 436. The fourth-order valence-corrected chi connectivity index (χ4v) is 3.00. The van der Waals surface area contributed by atoms with Crippen LogP contribution in [0.15, 0.2) is 18.5 Å². The average molecular weight is 291 g/mol. The molecule has 1 aromatic rings. The van der Waals surface area contributed by atoms with E-state index < -0.39 is 0 Å². The van der Waals surface area contributed by atoms with Gasteiger partial charge in [0.15, 0.2) is 0 Å². The van der Waals surface area contributed by atoms with Crippen molar-refractivity contribution in [3.8, 4) is 0 Å². The normalized spacial score (nSPS) is 22.3. The molecule has 1 fully saturated rings. The van der Waals surface area contributed by atoms with Crippen molar-refractivity contribution >= 4 is 5.69 Å². The second-order valence-corrected chi connectivity index (χ2v) is 6.15. The van der Waals surface area contributed by atoms with Gasteiger partial charge in [0.2, 0.25) is 0 Å². The quantitative estimate of drug-likeness (QED) is 0.813. The predicted octanol–water partition coefficient (Wildman–Crippen LogP) is 0.820. The first kappa shape index (κ1) is 16.2. The topological polar surface area (TPSA) is 57.4 Å². The minimum atomic E-state index is 0.407. The van der Waals surface area contributed by atoms with Crippen molar-refractivity contribution in [2.45, 2.75) is 31.8 Å². The van der Waals surface area contributed by atoms with Crippen LogP contribution in [-0.2, 0) is 6.42 Å². The van der Waals surface area contributed by atoms with E-state index in [1.807, 2.05) is 12.3 Å². The van der Waals surface area contributed by atoms with Crippen LogP contribution in [0.25, 0.3) is 0 Å². The molecule has 2 unspecified atom stereocenters. The summed E-state index contributed by atoms with van der Waals surface area (Å²) < 4.78 is 0. The smallest absolute Gasteiger partial charge is 0.0378 e. The molecule has 1 saturated heterocycles. The summed E-state index contributed by atoms with van der Waals surface area (Å²) in [5.41, 5.74) is 8.09. The van der Waals surface area contributed by atoms with Gasteiger partial charge in [-0.2, -0.15) is 0 Å². The van der Waals surface area contributed by atoms with E-state index in [1.165, 1.54) is 0 Å². The van der Waals surface area contributed by atoms with Gasteiger partial charge in [0, 0.05) is 49.8 Å². The summed E-state index contributed by atoms with van der Waals surface area (Å²) in [6, 6.07) is 2.81. The van der Waals surface area contributed by atoms with Crippen molar-refractivity contribution in [3.05, 3.63) is 24.0 Å². The fourth-order valence-electron chi connectivity index (χ4n) is 3.00. The number of nitrogens with zero attached hydrogens (tertiary/aromatic N) is 3. The molecule has 5 heteroatoms. The third kappa shape index (κ3) is 4.40. The Morgan fingerprint density at radius 1 is 1.43 bits per heavy atom. The van der Waals surface area contributed by atoms with E-state index in [0.717, 1.165) is 50.3 Å². The molecule has 0 bridgehead atoms. The number of nitrogen functional groups attached to an aromatic ring is 1. The lowest BCUT2D eigenvalue weighted by Crippen LogP contribution is -2.59. The SMILES string of the molecule is CCCNC(Cc1cnccc1N)C1CN(C)CCN1C. The molecule has 0 spiro atoms. The van der Waals surface area contributed by atoms with Crippen LogP contribution in [0.1, 0.15) is 18.9 Å². The molecule has 2 heterocycles. The van der Waals surface area contributed by atoms with E-state index in [-0.39, 0.29) is 0 Å². The van der Waals surface area contributed by atoms with E-state index in [0.29, 0.717) is 12.1 Å². The zero-order chi connectivity index (χ0) is 15.2. The van der Waals surface area contributed by atoms with Gasteiger partial charge in [-0.1, -0.05) is 6.92 Å². The van der Waals surface area contributed by atoms with Gasteiger partial charge in [0.05, 0.1) is 0 Å². The number of nitrogens with one attached hydrogen (secondary N) is 1. The average Bonchev–Trinajstić information content (AvgIpc) is 2.48. The number of pyridine rings is 1. The Labute approximate surface area is 128 Å². The maximum Gasteiger partial charge on any atom is 0.0378 e. The van der Waals surface area contributed by atoms with Crippen molar-refractivity contribution in [2.24, 2.45) is 0 Å². The largest absolute Gasteiger partial charge is 0.398 e. The Kier molecular flexibility index (Phi) is 5.96. The minimum Gasteiger partial charge on any atom is -0.398 e. The zero-order valence-electron chi connectivity index (χ0n) is 13.5. The Balaban J connectivity index is 2.11. The lowest BCUT2D eigenvalue weighted by Gasteiger charge is -2.42. The van der Waals surface area contributed by atoms with E-state index >= 15 is 0 Å². The first-order chi connectivity index (χ1) is 10.1. The summed E-state index contributed by atoms with van der Waals surface area (Å²) in [4.78, 5) is 9.11. The van der Waals surface area contributed by atoms with Crippen molar-refractivity contribution in [2.75, 3.05) is 46.0 Å². The molecule has 1 aromatic heterocycles. The predicted molar refractivity (Wildman–Crippen MR) is 88.4 cm³/mol. The summed E-state index contributed by atoms with van der Waals surface area (Å²) in [6.45, 7) is 6.60. The first-order valence-corrected chi connectivity index (χ1v) is 7.92. The number of likely N-dealkylation sites (N-methyl/N-ethyl adjacent to an activating group) is 2. The van der Waals surface area contributed by atoms with Crippen LogP contribution in [-0.4, -0.2) is 67.1 Å². The van der Waals surface area contributed by atoms with Crippen molar-refractivity contribution in [1.29, 1.82) is 0 Å². The molecule has 0 aliphatic carbocycles. The van der Waals surface area contributed by atoms with Crippen molar-refractivity contribution in [1.82, 2.24) is 20.1 Å². The molecule has 0 amide bonds. The number of hydrogen-bond donors (Lipinski definition) is 2. The molecule has 2 rings (SSSR count). The van der Waals surface area contributed by atoms with Gasteiger partial charge < -0.3 is 16.0 Å².